The number of benzene rings is 2. The standard InChI is InChI=1S/C15H14ClNO/c1-9-3-4-10(2)12(7-9)15(18)11-5-6-14(17)13(16)8-11/h3-8H,17H2,1-2H3. The van der Waals surface area contributed by atoms with Crippen LogP contribution in [0.3, 0.4) is 0 Å². The molecule has 0 bridgehead atoms. The molecule has 92 valence electrons. The number of nitrogens with two attached hydrogens (primary N) is 1. The van der Waals surface area contributed by atoms with E-state index in [9.17, 15) is 4.79 Å². The number of ketones is 1. The second-order valence-corrected chi connectivity index (χ2v) is 4.79. The van der Waals surface area contributed by atoms with Gasteiger partial charge in [0, 0.05) is 11.1 Å². The third-order valence-corrected chi connectivity index (χ3v) is 3.23. The SMILES string of the molecule is Cc1ccc(C)c(C(=O)c2ccc(N)c(Cl)c2)c1. The first-order valence-corrected chi connectivity index (χ1v) is 6.04. The highest BCUT2D eigenvalue weighted by Gasteiger charge is 2.13. The average molecular weight is 260 g/mol. The van der Waals surface area contributed by atoms with Crippen LogP contribution < -0.4 is 5.73 Å². The largest absolute Gasteiger partial charge is 0.398 e. The van der Waals surface area contributed by atoms with E-state index in [1.165, 1.54) is 0 Å². The fourth-order valence-electron chi connectivity index (χ4n) is 1.80. The molecule has 2 aromatic rings. The van der Waals surface area contributed by atoms with Gasteiger partial charge in [-0.3, -0.25) is 4.79 Å². The lowest BCUT2D eigenvalue weighted by Gasteiger charge is -2.07. The lowest BCUT2D eigenvalue weighted by atomic mass is 9.97. The molecule has 0 spiro atoms. The molecule has 0 aromatic heterocycles. The summed E-state index contributed by atoms with van der Waals surface area (Å²) >= 11 is 5.94. The van der Waals surface area contributed by atoms with E-state index < -0.39 is 0 Å². The third kappa shape index (κ3) is 2.39. The van der Waals surface area contributed by atoms with E-state index in [-0.39, 0.29) is 5.78 Å². The van der Waals surface area contributed by atoms with Gasteiger partial charge in [-0.05, 0) is 43.7 Å². The number of rotatable bonds is 2. The lowest BCUT2D eigenvalue weighted by molar-refractivity contribution is 0.103. The molecule has 0 unspecified atom stereocenters. The number of aryl methyl sites for hydroxylation is 2. The summed E-state index contributed by atoms with van der Waals surface area (Å²) in [5.41, 5.74) is 9.40. The molecule has 3 heteroatoms. The summed E-state index contributed by atoms with van der Waals surface area (Å²) < 4.78 is 0. The van der Waals surface area contributed by atoms with E-state index in [0.717, 1.165) is 11.1 Å². The van der Waals surface area contributed by atoms with Gasteiger partial charge >= 0.3 is 0 Å². The van der Waals surface area contributed by atoms with Gasteiger partial charge in [0.05, 0.1) is 10.7 Å². The molecule has 2 rings (SSSR count). The van der Waals surface area contributed by atoms with Crippen LogP contribution >= 0.6 is 11.6 Å². The molecule has 0 saturated carbocycles. The molecule has 2 nitrogen and oxygen atoms in total. The minimum Gasteiger partial charge on any atom is -0.398 e. The van der Waals surface area contributed by atoms with Crippen LogP contribution in [-0.2, 0) is 0 Å². The lowest BCUT2D eigenvalue weighted by Crippen LogP contribution is -2.04. The van der Waals surface area contributed by atoms with Crippen LogP contribution in [0.25, 0.3) is 0 Å². The summed E-state index contributed by atoms with van der Waals surface area (Å²) in [7, 11) is 0. The summed E-state index contributed by atoms with van der Waals surface area (Å²) in [6, 6.07) is 10.8. The Morgan fingerprint density at radius 2 is 1.83 bits per heavy atom. The summed E-state index contributed by atoms with van der Waals surface area (Å²) in [5, 5.41) is 0.408. The van der Waals surface area contributed by atoms with Crippen molar-refractivity contribution in [1.29, 1.82) is 0 Å². The zero-order chi connectivity index (χ0) is 13.3. The van der Waals surface area contributed by atoms with Gasteiger partial charge in [0.15, 0.2) is 5.78 Å². The maximum atomic E-state index is 12.4. The monoisotopic (exact) mass is 259 g/mol. The van der Waals surface area contributed by atoms with E-state index in [1.807, 2.05) is 32.0 Å². The Kier molecular flexibility index (Phi) is 3.39. The number of carbonyl (C=O) groups is 1. The van der Waals surface area contributed by atoms with Crippen LogP contribution in [0.2, 0.25) is 5.02 Å². The Bertz CT molecular complexity index is 620. The zero-order valence-corrected chi connectivity index (χ0v) is 11.1. The van der Waals surface area contributed by atoms with E-state index in [2.05, 4.69) is 0 Å². The van der Waals surface area contributed by atoms with Crippen molar-refractivity contribution in [1.82, 2.24) is 0 Å². The topological polar surface area (TPSA) is 43.1 Å². The zero-order valence-electron chi connectivity index (χ0n) is 10.3. The molecule has 0 amide bonds. The number of carbonyl (C=O) groups excluding carboxylic acids is 1. The van der Waals surface area contributed by atoms with Gasteiger partial charge in [-0.2, -0.15) is 0 Å². The third-order valence-electron chi connectivity index (χ3n) is 2.90. The smallest absolute Gasteiger partial charge is 0.193 e. The quantitative estimate of drug-likeness (QED) is 0.659. The van der Waals surface area contributed by atoms with Gasteiger partial charge in [-0.25, -0.2) is 0 Å². The van der Waals surface area contributed by atoms with Crippen molar-refractivity contribution in [3.63, 3.8) is 0 Å². The number of hydrogen-bond donors (Lipinski definition) is 1. The van der Waals surface area contributed by atoms with E-state index in [1.54, 1.807) is 18.2 Å². The predicted octanol–water partition coefficient (Wildman–Crippen LogP) is 3.77. The molecule has 0 aliphatic rings. The van der Waals surface area contributed by atoms with Crippen molar-refractivity contribution < 1.29 is 4.79 Å². The molecule has 0 atom stereocenters. The van der Waals surface area contributed by atoms with E-state index in [4.69, 9.17) is 17.3 Å². The molecule has 0 radical (unpaired) electrons. The predicted molar refractivity (Wildman–Crippen MR) is 75.2 cm³/mol. The molecular formula is C15H14ClNO. The second kappa shape index (κ2) is 4.83. The number of anilines is 1. The highest BCUT2D eigenvalue weighted by Crippen LogP contribution is 2.22. The summed E-state index contributed by atoms with van der Waals surface area (Å²) in [5.74, 6) is -0.0295. The minimum absolute atomic E-state index is 0.0295. The average Bonchev–Trinajstić information content (AvgIpc) is 2.35. The highest BCUT2D eigenvalue weighted by atomic mass is 35.5. The van der Waals surface area contributed by atoms with Crippen LogP contribution in [0.4, 0.5) is 5.69 Å². The normalized spacial score (nSPS) is 10.4. The van der Waals surface area contributed by atoms with Crippen molar-refractivity contribution in [2.24, 2.45) is 0 Å². The second-order valence-electron chi connectivity index (χ2n) is 4.38. The Morgan fingerprint density at radius 3 is 2.50 bits per heavy atom. The van der Waals surface area contributed by atoms with Crippen molar-refractivity contribution in [3.05, 3.63) is 63.7 Å². The molecule has 2 aromatic carbocycles. The van der Waals surface area contributed by atoms with Crippen LogP contribution in [0.5, 0.6) is 0 Å². The maximum Gasteiger partial charge on any atom is 0.193 e. The van der Waals surface area contributed by atoms with E-state index >= 15 is 0 Å². The van der Waals surface area contributed by atoms with Crippen LogP contribution in [0.15, 0.2) is 36.4 Å². The van der Waals surface area contributed by atoms with Crippen LogP contribution in [-0.4, -0.2) is 5.78 Å². The van der Waals surface area contributed by atoms with Gasteiger partial charge < -0.3 is 5.73 Å². The summed E-state index contributed by atoms with van der Waals surface area (Å²) in [4.78, 5) is 12.4. The molecule has 2 N–H and O–H groups in total. The molecular weight excluding hydrogens is 246 g/mol. The Labute approximate surface area is 111 Å². The molecule has 0 saturated heterocycles. The van der Waals surface area contributed by atoms with Crippen LogP contribution in [0.1, 0.15) is 27.0 Å². The summed E-state index contributed by atoms with van der Waals surface area (Å²) in [6.45, 7) is 3.89. The Hall–Kier alpha value is -1.80. The van der Waals surface area contributed by atoms with Gasteiger partial charge in [-0.1, -0.05) is 29.3 Å². The fraction of sp³-hybridized carbons (Fsp3) is 0.133. The first-order valence-electron chi connectivity index (χ1n) is 5.66. The maximum absolute atomic E-state index is 12.4. The minimum atomic E-state index is -0.0295. The fourth-order valence-corrected chi connectivity index (χ4v) is 1.98. The number of hydrogen-bond acceptors (Lipinski definition) is 2. The van der Waals surface area contributed by atoms with E-state index in [0.29, 0.717) is 21.8 Å². The molecule has 0 fully saturated rings. The van der Waals surface area contributed by atoms with Crippen molar-refractivity contribution >= 4 is 23.1 Å². The first-order chi connectivity index (χ1) is 8.49. The first kappa shape index (κ1) is 12.7. The molecule has 0 aliphatic carbocycles. The summed E-state index contributed by atoms with van der Waals surface area (Å²) in [6.07, 6.45) is 0. The number of halogens is 1. The molecule has 0 heterocycles. The molecule has 18 heavy (non-hydrogen) atoms. The highest BCUT2D eigenvalue weighted by molar-refractivity contribution is 6.33. The Morgan fingerprint density at radius 1 is 1.11 bits per heavy atom. The van der Waals surface area contributed by atoms with Crippen molar-refractivity contribution in [2.75, 3.05) is 5.73 Å². The van der Waals surface area contributed by atoms with Crippen molar-refractivity contribution in [3.8, 4) is 0 Å². The number of nitrogen functional groups attached to an aromatic ring is 1. The Balaban J connectivity index is 2.47. The van der Waals surface area contributed by atoms with Gasteiger partial charge in [-0.15, -0.1) is 0 Å². The van der Waals surface area contributed by atoms with Gasteiger partial charge in [0.2, 0.25) is 0 Å². The molecule has 0 aliphatic heterocycles. The van der Waals surface area contributed by atoms with Gasteiger partial charge in [0.1, 0.15) is 0 Å². The van der Waals surface area contributed by atoms with Crippen molar-refractivity contribution in [2.45, 2.75) is 13.8 Å². The van der Waals surface area contributed by atoms with Gasteiger partial charge in [0.25, 0.3) is 0 Å². The van der Waals surface area contributed by atoms with Crippen LogP contribution in [0, 0.1) is 13.8 Å².